The van der Waals surface area contributed by atoms with Gasteiger partial charge in [-0.15, -0.1) is 0 Å². The maximum Gasteiger partial charge on any atom is 0.242 e. The van der Waals surface area contributed by atoms with Crippen molar-refractivity contribution in [3.05, 3.63) is 0 Å². The molecule has 0 saturated carbocycles. The second kappa shape index (κ2) is 11.4. The van der Waals surface area contributed by atoms with Crippen molar-refractivity contribution < 1.29 is 14.3 Å². The van der Waals surface area contributed by atoms with Crippen molar-refractivity contribution >= 4 is 11.8 Å². The molecule has 0 aliphatic carbocycles. The molecule has 142 valence electrons. The van der Waals surface area contributed by atoms with E-state index in [1.54, 1.807) is 26.1 Å². The Balaban J connectivity index is 4.90. The lowest BCUT2D eigenvalue weighted by atomic mass is 9.91. The number of hydrogen-bond donors (Lipinski definition) is 2. The van der Waals surface area contributed by atoms with Crippen LogP contribution in [0.2, 0.25) is 0 Å². The third-order valence-corrected chi connectivity index (χ3v) is 4.83. The van der Waals surface area contributed by atoms with Crippen LogP contribution in [0.15, 0.2) is 0 Å². The molecule has 0 heterocycles. The summed E-state index contributed by atoms with van der Waals surface area (Å²) in [4.78, 5) is 26.5. The van der Waals surface area contributed by atoms with E-state index in [4.69, 9.17) is 4.74 Å². The molecule has 4 atom stereocenters. The van der Waals surface area contributed by atoms with Gasteiger partial charge in [0.25, 0.3) is 0 Å². The molecule has 0 aromatic carbocycles. The monoisotopic (exact) mass is 343 g/mol. The number of methoxy groups -OCH3 is 1. The van der Waals surface area contributed by atoms with Crippen LogP contribution in [0.5, 0.6) is 0 Å². The number of ether oxygens (including phenoxy) is 1. The molecule has 2 amide bonds. The number of nitrogens with one attached hydrogen (secondary N) is 2. The summed E-state index contributed by atoms with van der Waals surface area (Å²) in [6.07, 6.45) is 1.79. The van der Waals surface area contributed by atoms with Gasteiger partial charge >= 0.3 is 0 Å². The van der Waals surface area contributed by atoms with E-state index in [0.717, 1.165) is 12.8 Å². The summed E-state index contributed by atoms with van der Waals surface area (Å²) in [5.41, 5.74) is 0. The Morgan fingerprint density at radius 1 is 1.12 bits per heavy atom. The fourth-order valence-corrected chi connectivity index (χ4v) is 3.12. The minimum atomic E-state index is -0.296. The van der Waals surface area contributed by atoms with Crippen molar-refractivity contribution in [1.82, 2.24) is 15.5 Å². The Morgan fingerprint density at radius 3 is 2.08 bits per heavy atom. The lowest BCUT2D eigenvalue weighted by Crippen LogP contribution is -2.53. The van der Waals surface area contributed by atoms with E-state index in [1.807, 2.05) is 13.8 Å². The number of rotatable bonds is 11. The van der Waals surface area contributed by atoms with E-state index in [1.165, 1.54) is 0 Å². The Morgan fingerprint density at radius 2 is 1.71 bits per heavy atom. The highest BCUT2D eigenvalue weighted by Crippen LogP contribution is 2.21. The first-order chi connectivity index (χ1) is 11.2. The second-order valence-electron chi connectivity index (χ2n) is 6.79. The van der Waals surface area contributed by atoms with Crippen LogP contribution >= 0.6 is 0 Å². The number of carbonyl (C=O) groups excluding carboxylic acids is 2. The molecule has 0 saturated heterocycles. The van der Waals surface area contributed by atoms with Gasteiger partial charge in [-0.25, -0.2) is 0 Å². The molecule has 0 aliphatic rings. The maximum atomic E-state index is 12.6. The normalized spacial score (nSPS) is 16.4. The van der Waals surface area contributed by atoms with Crippen LogP contribution in [-0.4, -0.2) is 62.7 Å². The van der Waals surface area contributed by atoms with Gasteiger partial charge in [-0.05, 0) is 25.3 Å². The smallest absolute Gasteiger partial charge is 0.242 e. The van der Waals surface area contributed by atoms with Crippen molar-refractivity contribution in [3.8, 4) is 0 Å². The molecule has 2 N–H and O–H groups in total. The Hall–Kier alpha value is -1.14. The van der Waals surface area contributed by atoms with Crippen LogP contribution in [0.4, 0.5) is 0 Å². The first-order valence-corrected chi connectivity index (χ1v) is 8.98. The van der Waals surface area contributed by atoms with Gasteiger partial charge in [0.15, 0.2) is 0 Å². The van der Waals surface area contributed by atoms with Crippen LogP contribution in [0.25, 0.3) is 0 Å². The summed E-state index contributed by atoms with van der Waals surface area (Å²) < 4.78 is 5.58. The van der Waals surface area contributed by atoms with Gasteiger partial charge in [-0.3, -0.25) is 9.59 Å². The zero-order chi connectivity index (χ0) is 18.9. The molecule has 0 bridgehead atoms. The van der Waals surface area contributed by atoms with Crippen LogP contribution in [0, 0.1) is 11.8 Å². The fraction of sp³-hybridized carbons (Fsp3) is 0.889. The van der Waals surface area contributed by atoms with Gasteiger partial charge in [0.1, 0.15) is 0 Å². The van der Waals surface area contributed by atoms with E-state index in [9.17, 15) is 9.59 Å². The van der Waals surface area contributed by atoms with Crippen LogP contribution in [-0.2, 0) is 14.3 Å². The largest absolute Gasteiger partial charge is 0.379 e. The zero-order valence-electron chi connectivity index (χ0n) is 16.7. The minimum Gasteiger partial charge on any atom is -0.379 e. The molecular weight excluding hydrogens is 306 g/mol. The van der Waals surface area contributed by atoms with E-state index >= 15 is 0 Å². The predicted octanol–water partition coefficient (Wildman–Crippen LogP) is 1.64. The summed E-state index contributed by atoms with van der Waals surface area (Å²) in [6, 6.07) is -0.296. The van der Waals surface area contributed by atoms with E-state index in [-0.39, 0.29) is 42.5 Å². The Bertz CT molecular complexity index is 384. The van der Waals surface area contributed by atoms with Gasteiger partial charge in [-0.1, -0.05) is 41.0 Å². The summed E-state index contributed by atoms with van der Waals surface area (Å²) in [7, 11) is 5.23. The average molecular weight is 344 g/mol. The molecule has 0 spiro atoms. The van der Waals surface area contributed by atoms with E-state index in [0.29, 0.717) is 5.92 Å². The highest BCUT2D eigenvalue weighted by atomic mass is 16.5. The molecule has 0 aromatic rings. The third-order valence-electron chi connectivity index (χ3n) is 4.83. The SMILES string of the molecule is CCC(C)[C@@H](C(CC)OC)N(C)C(=O)CNC(=O)C(NC)C(C)C. The van der Waals surface area contributed by atoms with Crippen LogP contribution < -0.4 is 10.6 Å². The van der Waals surface area contributed by atoms with Crippen molar-refractivity contribution in [2.24, 2.45) is 11.8 Å². The molecule has 6 heteroatoms. The topological polar surface area (TPSA) is 70.7 Å². The number of amides is 2. The lowest BCUT2D eigenvalue weighted by Gasteiger charge is -2.37. The average Bonchev–Trinajstić information content (AvgIpc) is 2.56. The Kier molecular flexibility index (Phi) is 10.9. The van der Waals surface area contributed by atoms with Gasteiger partial charge in [0.2, 0.25) is 11.8 Å². The molecular formula is C18H37N3O3. The number of hydrogen-bond acceptors (Lipinski definition) is 4. The summed E-state index contributed by atoms with van der Waals surface area (Å²) in [6.45, 7) is 10.2. The molecule has 3 unspecified atom stereocenters. The summed E-state index contributed by atoms with van der Waals surface area (Å²) in [5.74, 6) is 0.241. The molecule has 24 heavy (non-hydrogen) atoms. The van der Waals surface area contributed by atoms with Gasteiger partial charge in [-0.2, -0.15) is 0 Å². The Labute approximate surface area is 147 Å². The van der Waals surface area contributed by atoms with Gasteiger partial charge < -0.3 is 20.3 Å². The zero-order valence-corrected chi connectivity index (χ0v) is 16.7. The molecule has 6 nitrogen and oxygen atoms in total. The van der Waals surface area contributed by atoms with Crippen molar-refractivity contribution in [3.63, 3.8) is 0 Å². The quantitative estimate of drug-likeness (QED) is 0.598. The first-order valence-electron chi connectivity index (χ1n) is 8.98. The number of carbonyl (C=O) groups is 2. The van der Waals surface area contributed by atoms with Crippen molar-refractivity contribution in [1.29, 1.82) is 0 Å². The standard InChI is InChI=1S/C18H37N3O3/c1-9-13(5)17(14(10-2)24-8)21(7)15(22)11-20-18(23)16(19-6)12(3)4/h12-14,16-17,19H,9-11H2,1-8H3,(H,20,23)/t13?,14?,16?,17-/m0/s1. The van der Waals surface area contributed by atoms with Crippen LogP contribution in [0.1, 0.15) is 47.5 Å². The molecule has 0 aromatic heterocycles. The van der Waals surface area contributed by atoms with Crippen LogP contribution in [0.3, 0.4) is 0 Å². The number of nitrogens with zero attached hydrogens (tertiary/aromatic N) is 1. The molecule has 0 radical (unpaired) electrons. The molecule has 0 fully saturated rings. The van der Waals surface area contributed by atoms with Gasteiger partial charge in [0, 0.05) is 14.2 Å². The predicted molar refractivity (Wildman–Crippen MR) is 97.8 cm³/mol. The number of likely N-dealkylation sites (N-methyl/N-ethyl adjacent to an activating group) is 2. The lowest BCUT2D eigenvalue weighted by molar-refractivity contribution is -0.138. The van der Waals surface area contributed by atoms with E-state index < -0.39 is 0 Å². The summed E-state index contributed by atoms with van der Waals surface area (Å²) in [5, 5.41) is 5.73. The molecule has 0 aliphatic heterocycles. The van der Waals surface area contributed by atoms with Crippen molar-refractivity contribution in [2.75, 3.05) is 27.7 Å². The first kappa shape index (κ1) is 22.9. The minimum absolute atomic E-state index is 0.000372. The fourth-order valence-electron chi connectivity index (χ4n) is 3.12. The second-order valence-corrected chi connectivity index (χ2v) is 6.79. The third kappa shape index (κ3) is 6.40. The van der Waals surface area contributed by atoms with Crippen molar-refractivity contribution in [2.45, 2.75) is 65.6 Å². The highest BCUT2D eigenvalue weighted by molar-refractivity contribution is 5.87. The molecule has 0 rings (SSSR count). The van der Waals surface area contributed by atoms with E-state index in [2.05, 4.69) is 31.4 Å². The maximum absolute atomic E-state index is 12.6. The summed E-state index contributed by atoms with van der Waals surface area (Å²) >= 11 is 0. The highest BCUT2D eigenvalue weighted by Gasteiger charge is 2.31. The van der Waals surface area contributed by atoms with Gasteiger partial charge in [0.05, 0.1) is 24.7 Å².